The number of esters is 1. The van der Waals surface area contributed by atoms with Gasteiger partial charge >= 0.3 is 5.97 Å². The minimum atomic E-state index is -1.44. The van der Waals surface area contributed by atoms with E-state index in [0.717, 1.165) is 0 Å². The molecular formula is C20H38O12. The van der Waals surface area contributed by atoms with Crippen molar-refractivity contribution in [1.82, 2.24) is 0 Å². The first-order valence-electron chi connectivity index (χ1n) is 10.6. The zero-order chi connectivity index (χ0) is 24.0. The van der Waals surface area contributed by atoms with Crippen LogP contribution in [0.5, 0.6) is 0 Å². The average molecular weight is 471 g/mol. The Morgan fingerprint density at radius 1 is 1.12 bits per heavy atom. The molecule has 12 nitrogen and oxygen atoms in total. The highest BCUT2D eigenvalue weighted by atomic mass is 16.7. The van der Waals surface area contributed by atoms with Crippen molar-refractivity contribution in [2.45, 2.75) is 57.3 Å². The third kappa shape index (κ3) is 12.3. The summed E-state index contributed by atoms with van der Waals surface area (Å²) in [4.78, 5) is 11.6. The minimum absolute atomic E-state index is 0.00626. The van der Waals surface area contributed by atoms with Crippen LogP contribution in [-0.2, 0) is 42.7 Å². The molecule has 1 aliphatic rings. The number of ether oxygens (including phenoxy) is 8. The van der Waals surface area contributed by atoms with E-state index in [2.05, 4.69) is 0 Å². The summed E-state index contributed by atoms with van der Waals surface area (Å²) in [5.74, 6) is -1.97. The van der Waals surface area contributed by atoms with E-state index in [4.69, 9.17) is 37.9 Å². The third-order valence-corrected chi connectivity index (χ3v) is 4.22. The molecule has 1 aliphatic heterocycles. The highest BCUT2D eigenvalue weighted by Gasteiger charge is 2.45. The lowest BCUT2D eigenvalue weighted by molar-refractivity contribution is -0.248. The Bertz CT molecular complexity index is 497. The minimum Gasteiger partial charge on any atom is -0.462 e. The van der Waals surface area contributed by atoms with Crippen LogP contribution >= 0.6 is 0 Å². The monoisotopic (exact) mass is 470 g/mol. The predicted molar refractivity (Wildman–Crippen MR) is 109 cm³/mol. The summed E-state index contributed by atoms with van der Waals surface area (Å²) in [5, 5.41) is 29.1. The molecule has 12 heteroatoms. The van der Waals surface area contributed by atoms with Crippen molar-refractivity contribution in [3.8, 4) is 0 Å². The lowest BCUT2D eigenvalue weighted by atomic mass is 10.1. The van der Waals surface area contributed by atoms with Gasteiger partial charge in [-0.15, -0.1) is 0 Å². The summed E-state index contributed by atoms with van der Waals surface area (Å²) in [6.07, 6.45) is -4.27. The number of hydrogen-bond donors (Lipinski definition) is 3. The standard InChI is InChI=1S/C20H38O12/c1-14(28-9-10-29-17(23)13-27-8-7-26-6-5-25-4)31-19-16(32-20(2,3)24)12-30-18(19)15(22)11-21/h14-16,18-19,21-22,24H,5-13H2,1-4H3. The van der Waals surface area contributed by atoms with Gasteiger partial charge in [0.05, 0.1) is 46.2 Å². The van der Waals surface area contributed by atoms with E-state index < -0.39 is 49.1 Å². The molecule has 3 N–H and O–H groups in total. The molecule has 32 heavy (non-hydrogen) atoms. The van der Waals surface area contributed by atoms with Gasteiger partial charge in [0, 0.05) is 7.11 Å². The smallest absolute Gasteiger partial charge is 0.332 e. The van der Waals surface area contributed by atoms with E-state index in [-0.39, 0.29) is 33.0 Å². The quantitative estimate of drug-likeness (QED) is 0.126. The first-order chi connectivity index (χ1) is 15.2. The van der Waals surface area contributed by atoms with Crippen LogP contribution in [0.25, 0.3) is 0 Å². The van der Waals surface area contributed by atoms with E-state index in [1.54, 1.807) is 14.0 Å². The van der Waals surface area contributed by atoms with Crippen LogP contribution < -0.4 is 0 Å². The maximum atomic E-state index is 11.6. The molecule has 0 aromatic heterocycles. The van der Waals surface area contributed by atoms with Gasteiger partial charge in [0.2, 0.25) is 0 Å². The number of hydrogen-bond acceptors (Lipinski definition) is 12. The van der Waals surface area contributed by atoms with Gasteiger partial charge in [0.25, 0.3) is 0 Å². The first kappa shape index (κ1) is 29.1. The van der Waals surface area contributed by atoms with Crippen molar-refractivity contribution in [3.05, 3.63) is 0 Å². The molecule has 190 valence electrons. The number of carbonyl (C=O) groups is 1. The van der Waals surface area contributed by atoms with Crippen molar-refractivity contribution in [2.75, 3.05) is 66.6 Å². The SMILES string of the molecule is COCCOCCOCC(=O)OCCOC(C)OC1C(OC(C)(C)O)COC1C(O)CO. The third-order valence-electron chi connectivity index (χ3n) is 4.22. The Labute approximate surface area is 188 Å². The molecule has 0 amide bonds. The summed E-state index contributed by atoms with van der Waals surface area (Å²) < 4.78 is 42.5. The molecule has 0 saturated carbocycles. The number of carbonyl (C=O) groups excluding carboxylic acids is 1. The second-order valence-electron chi connectivity index (χ2n) is 7.57. The van der Waals surface area contributed by atoms with Crippen molar-refractivity contribution in [3.63, 3.8) is 0 Å². The van der Waals surface area contributed by atoms with Crippen LogP contribution in [0.4, 0.5) is 0 Å². The highest BCUT2D eigenvalue weighted by Crippen LogP contribution is 2.27. The summed E-state index contributed by atoms with van der Waals surface area (Å²) in [5.41, 5.74) is 0. The Kier molecular flexibility index (Phi) is 14.4. The maximum Gasteiger partial charge on any atom is 0.332 e. The van der Waals surface area contributed by atoms with Crippen LogP contribution in [0.2, 0.25) is 0 Å². The molecule has 0 aromatic rings. The largest absolute Gasteiger partial charge is 0.462 e. The van der Waals surface area contributed by atoms with Crippen LogP contribution in [0.1, 0.15) is 20.8 Å². The van der Waals surface area contributed by atoms with E-state index >= 15 is 0 Å². The van der Waals surface area contributed by atoms with Gasteiger partial charge in [0.15, 0.2) is 12.1 Å². The fourth-order valence-electron chi connectivity index (χ4n) is 2.87. The maximum absolute atomic E-state index is 11.6. The molecule has 5 unspecified atom stereocenters. The molecule has 1 rings (SSSR count). The topological polar surface area (TPSA) is 152 Å². The number of aliphatic hydroxyl groups is 3. The van der Waals surface area contributed by atoms with Gasteiger partial charge in [-0.05, 0) is 20.8 Å². The van der Waals surface area contributed by atoms with Gasteiger partial charge in [-0.3, -0.25) is 0 Å². The summed E-state index contributed by atoms with van der Waals surface area (Å²) in [6, 6.07) is 0. The van der Waals surface area contributed by atoms with Gasteiger partial charge in [-0.25, -0.2) is 4.79 Å². The highest BCUT2D eigenvalue weighted by molar-refractivity contribution is 5.70. The molecule has 1 heterocycles. The fourth-order valence-corrected chi connectivity index (χ4v) is 2.87. The summed E-state index contributed by atoms with van der Waals surface area (Å²) in [6.45, 7) is 5.52. The molecule has 0 bridgehead atoms. The molecular weight excluding hydrogens is 432 g/mol. The van der Waals surface area contributed by atoms with Crippen LogP contribution in [0, 0.1) is 0 Å². The van der Waals surface area contributed by atoms with Gasteiger partial charge in [-0.2, -0.15) is 0 Å². The van der Waals surface area contributed by atoms with Gasteiger partial charge < -0.3 is 53.2 Å². The fraction of sp³-hybridized carbons (Fsp3) is 0.950. The molecule has 1 fully saturated rings. The Hall–Kier alpha value is -0.930. The van der Waals surface area contributed by atoms with Crippen LogP contribution in [0.15, 0.2) is 0 Å². The number of aliphatic hydroxyl groups excluding tert-OH is 2. The first-order valence-corrected chi connectivity index (χ1v) is 10.6. The number of methoxy groups -OCH3 is 1. The van der Waals surface area contributed by atoms with E-state index in [1.165, 1.54) is 13.8 Å². The Morgan fingerprint density at radius 2 is 1.81 bits per heavy atom. The Balaban J connectivity index is 2.28. The van der Waals surface area contributed by atoms with Crippen LogP contribution in [-0.4, -0.2) is 124 Å². The Morgan fingerprint density at radius 3 is 2.47 bits per heavy atom. The van der Waals surface area contributed by atoms with Crippen molar-refractivity contribution in [2.24, 2.45) is 0 Å². The normalized spacial score (nSPS) is 23.3. The van der Waals surface area contributed by atoms with Gasteiger partial charge in [-0.1, -0.05) is 0 Å². The van der Waals surface area contributed by atoms with Crippen molar-refractivity contribution in [1.29, 1.82) is 0 Å². The molecule has 5 atom stereocenters. The second-order valence-corrected chi connectivity index (χ2v) is 7.57. The lowest BCUT2D eigenvalue weighted by Gasteiger charge is -2.31. The zero-order valence-corrected chi connectivity index (χ0v) is 19.3. The van der Waals surface area contributed by atoms with E-state index in [9.17, 15) is 20.1 Å². The molecule has 0 aromatic carbocycles. The molecule has 1 saturated heterocycles. The van der Waals surface area contributed by atoms with E-state index in [0.29, 0.717) is 19.8 Å². The predicted octanol–water partition coefficient (Wildman–Crippen LogP) is -1.18. The molecule has 0 radical (unpaired) electrons. The molecule has 0 aliphatic carbocycles. The number of rotatable bonds is 18. The van der Waals surface area contributed by atoms with Gasteiger partial charge in [0.1, 0.15) is 37.6 Å². The zero-order valence-electron chi connectivity index (χ0n) is 19.3. The van der Waals surface area contributed by atoms with E-state index in [1.807, 2.05) is 0 Å². The average Bonchev–Trinajstić information content (AvgIpc) is 3.10. The molecule has 0 spiro atoms. The van der Waals surface area contributed by atoms with Crippen LogP contribution in [0.3, 0.4) is 0 Å². The van der Waals surface area contributed by atoms with Crippen molar-refractivity contribution < 1.29 is 58.0 Å². The lowest BCUT2D eigenvalue weighted by Crippen LogP contribution is -2.47. The second kappa shape index (κ2) is 15.8. The summed E-state index contributed by atoms with van der Waals surface area (Å²) in [7, 11) is 1.58. The summed E-state index contributed by atoms with van der Waals surface area (Å²) >= 11 is 0. The van der Waals surface area contributed by atoms with Crippen molar-refractivity contribution >= 4 is 5.97 Å².